The number of aryl methyl sites for hydroxylation is 2. The van der Waals surface area contributed by atoms with Gasteiger partial charge >= 0.3 is 0 Å². The second-order valence-corrected chi connectivity index (χ2v) is 5.24. The van der Waals surface area contributed by atoms with E-state index in [9.17, 15) is 0 Å². The maximum absolute atomic E-state index is 6.13. The van der Waals surface area contributed by atoms with Crippen LogP contribution in [-0.4, -0.2) is 0 Å². The molecule has 0 radical (unpaired) electrons. The van der Waals surface area contributed by atoms with E-state index in [1.54, 1.807) is 0 Å². The van der Waals surface area contributed by atoms with Crippen LogP contribution in [0.2, 0.25) is 5.02 Å². The fourth-order valence-corrected chi connectivity index (χ4v) is 2.55. The smallest absolute Gasteiger partial charge is 0.122 e. The quantitative estimate of drug-likeness (QED) is 0.698. The van der Waals surface area contributed by atoms with Crippen LogP contribution in [0.1, 0.15) is 22.3 Å². The Morgan fingerprint density at radius 3 is 2.63 bits per heavy atom. The molecule has 0 N–H and O–H groups in total. The number of hydrogen-bond donors (Lipinski definition) is 0. The highest BCUT2D eigenvalue weighted by Crippen LogP contribution is 2.25. The van der Waals surface area contributed by atoms with E-state index in [4.69, 9.17) is 27.9 Å². The first-order chi connectivity index (χ1) is 9.11. The summed E-state index contributed by atoms with van der Waals surface area (Å²) in [5.41, 5.74) is 4.28. The van der Waals surface area contributed by atoms with Crippen molar-refractivity contribution in [3.8, 4) is 5.75 Å². The van der Waals surface area contributed by atoms with Gasteiger partial charge in [-0.25, -0.2) is 0 Å². The summed E-state index contributed by atoms with van der Waals surface area (Å²) >= 11 is 12.1. The van der Waals surface area contributed by atoms with Gasteiger partial charge < -0.3 is 4.74 Å². The minimum atomic E-state index is 0.394. The second kappa shape index (κ2) is 6.31. The number of rotatable bonds is 4. The van der Waals surface area contributed by atoms with Crippen LogP contribution in [0.15, 0.2) is 36.4 Å². The minimum absolute atomic E-state index is 0.394. The average molecular weight is 295 g/mol. The molecule has 0 amide bonds. The van der Waals surface area contributed by atoms with E-state index < -0.39 is 0 Å². The van der Waals surface area contributed by atoms with Crippen molar-refractivity contribution < 1.29 is 4.74 Å². The number of halogens is 2. The van der Waals surface area contributed by atoms with Crippen LogP contribution in [-0.2, 0) is 12.5 Å². The monoisotopic (exact) mass is 294 g/mol. The molecule has 0 atom stereocenters. The number of alkyl halides is 1. The maximum atomic E-state index is 6.13. The molecule has 3 heteroatoms. The Morgan fingerprint density at radius 2 is 1.89 bits per heavy atom. The van der Waals surface area contributed by atoms with Crippen LogP contribution < -0.4 is 4.74 Å². The van der Waals surface area contributed by atoms with E-state index in [-0.39, 0.29) is 0 Å². The van der Waals surface area contributed by atoms with Gasteiger partial charge in [0, 0.05) is 10.9 Å². The fourth-order valence-electron chi connectivity index (χ4n) is 1.91. The first-order valence-corrected chi connectivity index (χ1v) is 7.05. The molecule has 2 aromatic carbocycles. The molecule has 0 saturated carbocycles. The molecule has 2 rings (SSSR count). The van der Waals surface area contributed by atoms with E-state index in [1.165, 1.54) is 5.56 Å². The summed E-state index contributed by atoms with van der Waals surface area (Å²) in [4.78, 5) is 0. The molecular weight excluding hydrogens is 279 g/mol. The van der Waals surface area contributed by atoms with Crippen LogP contribution in [0.5, 0.6) is 5.75 Å². The summed E-state index contributed by atoms with van der Waals surface area (Å²) in [5, 5.41) is 0.692. The van der Waals surface area contributed by atoms with Gasteiger partial charge in [0.15, 0.2) is 0 Å². The molecule has 0 spiro atoms. The third-order valence-electron chi connectivity index (χ3n) is 3.08. The summed E-state index contributed by atoms with van der Waals surface area (Å²) in [7, 11) is 0. The van der Waals surface area contributed by atoms with Gasteiger partial charge in [0.1, 0.15) is 12.4 Å². The van der Waals surface area contributed by atoms with Crippen LogP contribution in [0.4, 0.5) is 0 Å². The lowest BCUT2D eigenvalue weighted by atomic mass is 10.1. The Balaban J connectivity index is 2.19. The zero-order chi connectivity index (χ0) is 13.8. The molecule has 0 unspecified atom stereocenters. The normalized spacial score (nSPS) is 10.5. The van der Waals surface area contributed by atoms with Crippen LogP contribution in [0.25, 0.3) is 0 Å². The van der Waals surface area contributed by atoms with Gasteiger partial charge in [-0.2, -0.15) is 0 Å². The Morgan fingerprint density at radius 1 is 1.11 bits per heavy atom. The van der Waals surface area contributed by atoms with Crippen molar-refractivity contribution in [2.24, 2.45) is 0 Å². The Bertz CT molecular complexity index is 579. The highest BCUT2D eigenvalue weighted by atomic mass is 35.5. The highest BCUT2D eigenvalue weighted by molar-refractivity contribution is 6.32. The molecule has 2 aromatic rings. The number of hydrogen-bond acceptors (Lipinski definition) is 1. The molecule has 0 aromatic heterocycles. The third kappa shape index (κ3) is 3.43. The summed E-state index contributed by atoms with van der Waals surface area (Å²) < 4.78 is 5.88. The highest BCUT2D eigenvalue weighted by Gasteiger charge is 2.07. The van der Waals surface area contributed by atoms with Gasteiger partial charge in [-0.3, -0.25) is 0 Å². The zero-order valence-electron chi connectivity index (χ0n) is 11.0. The van der Waals surface area contributed by atoms with Crippen molar-refractivity contribution in [1.82, 2.24) is 0 Å². The van der Waals surface area contributed by atoms with Gasteiger partial charge in [-0.05, 0) is 48.2 Å². The molecule has 0 aliphatic rings. The Labute approximate surface area is 124 Å². The largest absolute Gasteiger partial charge is 0.489 e. The predicted octanol–water partition coefficient (Wildman–Crippen LogP) is 5.27. The van der Waals surface area contributed by atoms with Crippen LogP contribution in [0.3, 0.4) is 0 Å². The lowest BCUT2D eigenvalue weighted by Crippen LogP contribution is -2.01. The third-order valence-corrected chi connectivity index (χ3v) is 3.70. The summed E-state index contributed by atoms with van der Waals surface area (Å²) in [6.45, 7) is 4.57. The maximum Gasteiger partial charge on any atom is 0.122 e. The molecule has 100 valence electrons. The van der Waals surface area contributed by atoms with Crippen molar-refractivity contribution in [3.63, 3.8) is 0 Å². The summed E-state index contributed by atoms with van der Waals surface area (Å²) in [6, 6.07) is 11.9. The molecular formula is C16H16Cl2O. The standard InChI is InChI=1S/C16H16Cl2O/c1-11-6-7-12(2)16(8-11)19-10-13-4-3-5-15(18)14(13)9-17/h3-8H,9-10H2,1-2H3. The lowest BCUT2D eigenvalue weighted by Gasteiger charge is -2.13. The van der Waals surface area contributed by atoms with Crippen molar-refractivity contribution in [1.29, 1.82) is 0 Å². The van der Waals surface area contributed by atoms with Crippen molar-refractivity contribution in [2.75, 3.05) is 0 Å². The number of benzene rings is 2. The first-order valence-electron chi connectivity index (χ1n) is 6.14. The SMILES string of the molecule is Cc1ccc(C)c(OCc2cccc(Cl)c2CCl)c1. The summed E-state index contributed by atoms with van der Waals surface area (Å²) in [6.07, 6.45) is 0. The van der Waals surface area contributed by atoms with E-state index in [0.29, 0.717) is 17.5 Å². The van der Waals surface area contributed by atoms with Gasteiger partial charge in [-0.15, -0.1) is 11.6 Å². The van der Waals surface area contributed by atoms with Gasteiger partial charge in [0.05, 0.1) is 0 Å². The molecule has 1 nitrogen and oxygen atoms in total. The average Bonchev–Trinajstić information content (AvgIpc) is 2.40. The molecule has 0 fully saturated rings. The zero-order valence-corrected chi connectivity index (χ0v) is 12.6. The van der Waals surface area contributed by atoms with Crippen LogP contribution in [0, 0.1) is 13.8 Å². The summed E-state index contributed by atoms with van der Waals surface area (Å²) in [5.74, 6) is 1.30. The topological polar surface area (TPSA) is 9.23 Å². The van der Waals surface area contributed by atoms with Crippen molar-refractivity contribution in [3.05, 3.63) is 63.7 Å². The van der Waals surface area contributed by atoms with Crippen molar-refractivity contribution >= 4 is 23.2 Å². The minimum Gasteiger partial charge on any atom is -0.489 e. The Hall–Kier alpha value is -1.18. The molecule has 0 aliphatic carbocycles. The Kier molecular flexibility index (Phi) is 4.73. The van der Waals surface area contributed by atoms with E-state index in [1.807, 2.05) is 31.2 Å². The van der Waals surface area contributed by atoms with E-state index >= 15 is 0 Å². The second-order valence-electron chi connectivity index (χ2n) is 4.57. The molecule has 0 heterocycles. The molecule has 0 saturated heterocycles. The molecule has 0 bridgehead atoms. The van der Waals surface area contributed by atoms with Crippen molar-refractivity contribution in [2.45, 2.75) is 26.3 Å². The predicted molar refractivity (Wildman–Crippen MR) is 81.3 cm³/mol. The van der Waals surface area contributed by atoms with Gasteiger partial charge in [-0.1, -0.05) is 35.9 Å². The lowest BCUT2D eigenvalue weighted by molar-refractivity contribution is 0.303. The fraction of sp³-hybridized carbons (Fsp3) is 0.250. The molecule has 19 heavy (non-hydrogen) atoms. The van der Waals surface area contributed by atoms with Gasteiger partial charge in [0.2, 0.25) is 0 Å². The van der Waals surface area contributed by atoms with E-state index in [0.717, 1.165) is 22.4 Å². The molecule has 0 aliphatic heterocycles. The van der Waals surface area contributed by atoms with Crippen LogP contribution >= 0.6 is 23.2 Å². The number of ether oxygens (including phenoxy) is 1. The van der Waals surface area contributed by atoms with E-state index in [2.05, 4.69) is 19.1 Å². The van der Waals surface area contributed by atoms with Gasteiger partial charge in [0.25, 0.3) is 0 Å². The first kappa shape index (κ1) is 14.2.